The monoisotopic (exact) mass is 297 g/mol. The molecule has 3 aromatic heterocycles. The molecule has 3 heterocycles. The van der Waals surface area contributed by atoms with Crippen LogP contribution < -0.4 is 10.9 Å². The molecular weight excluding hydrogens is 282 g/mol. The van der Waals surface area contributed by atoms with Crippen LogP contribution in [0.5, 0.6) is 0 Å². The smallest absolute Gasteiger partial charge is 0.264 e. The molecular formula is C15H15N5O2. The van der Waals surface area contributed by atoms with Gasteiger partial charge in [0.05, 0.1) is 11.2 Å². The molecule has 0 aromatic carbocycles. The van der Waals surface area contributed by atoms with E-state index in [0.29, 0.717) is 25.1 Å². The predicted molar refractivity (Wildman–Crippen MR) is 80.2 cm³/mol. The Hall–Kier alpha value is -2.96. The summed E-state index contributed by atoms with van der Waals surface area (Å²) in [6, 6.07) is 8.79. The molecule has 0 spiro atoms. The summed E-state index contributed by atoms with van der Waals surface area (Å²) in [6.07, 6.45) is 4.39. The Labute approximate surface area is 126 Å². The van der Waals surface area contributed by atoms with Crippen molar-refractivity contribution < 1.29 is 4.79 Å². The molecule has 0 saturated carbocycles. The summed E-state index contributed by atoms with van der Waals surface area (Å²) in [5.74, 6) is -0.0606. The van der Waals surface area contributed by atoms with Crippen molar-refractivity contribution in [1.82, 2.24) is 25.1 Å². The number of rotatable bonds is 5. The van der Waals surface area contributed by atoms with E-state index in [2.05, 4.69) is 20.6 Å². The van der Waals surface area contributed by atoms with E-state index in [1.165, 1.54) is 6.07 Å². The summed E-state index contributed by atoms with van der Waals surface area (Å²) in [5, 5.41) is 13.3. The average molecular weight is 297 g/mol. The normalized spacial score (nSPS) is 10.7. The highest BCUT2D eigenvalue weighted by Crippen LogP contribution is 2.09. The largest absolute Gasteiger partial charge is 0.352 e. The second-order valence-corrected chi connectivity index (χ2v) is 4.88. The predicted octanol–water partition coefficient (Wildman–Crippen LogP) is 0.667. The standard InChI is InChI=1S/C15H15N5O2/c21-14(5-3-12-4-6-15(22)19-18-12)16-10-11-2-1-9-20-13(11)7-8-17-20/h1-2,4,6-9H,3,5,10H2,(H,16,21)(H,19,22). The molecule has 3 rings (SSSR count). The topological polar surface area (TPSA) is 92.1 Å². The van der Waals surface area contributed by atoms with Gasteiger partial charge in [0.1, 0.15) is 0 Å². The first kappa shape index (κ1) is 14.0. The maximum Gasteiger partial charge on any atom is 0.264 e. The summed E-state index contributed by atoms with van der Waals surface area (Å²) >= 11 is 0. The Morgan fingerprint density at radius 1 is 1.27 bits per heavy atom. The first-order chi connectivity index (χ1) is 10.7. The minimum atomic E-state index is -0.248. The van der Waals surface area contributed by atoms with Crippen molar-refractivity contribution in [1.29, 1.82) is 0 Å². The fourth-order valence-electron chi connectivity index (χ4n) is 2.20. The lowest BCUT2D eigenvalue weighted by atomic mass is 10.2. The number of nitrogens with zero attached hydrogens (tertiary/aromatic N) is 3. The highest BCUT2D eigenvalue weighted by Gasteiger charge is 2.06. The van der Waals surface area contributed by atoms with Crippen LogP contribution in [0.4, 0.5) is 0 Å². The lowest BCUT2D eigenvalue weighted by Gasteiger charge is -2.06. The lowest BCUT2D eigenvalue weighted by molar-refractivity contribution is -0.121. The van der Waals surface area contributed by atoms with E-state index in [0.717, 1.165) is 11.1 Å². The quantitative estimate of drug-likeness (QED) is 0.724. The van der Waals surface area contributed by atoms with Crippen molar-refractivity contribution in [2.24, 2.45) is 0 Å². The summed E-state index contributed by atoms with van der Waals surface area (Å²) in [6.45, 7) is 0.452. The van der Waals surface area contributed by atoms with Gasteiger partial charge in [0.15, 0.2) is 0 Å². The molecule has 2 N–H and O–H groups in total. The molecule has 0 aliphatic rings. The van der Waals surface area contributed by atoms with E-state index in [9.17, 15) is 9.59 Å². The molecule has 0 unspecified atom stereocenters. The highest BCUT2D eigenvalue weighted by atomic mass is 16.1. The number of amides is 1. The second-order valence-electron chi connectivity index (χ2n) is 4.88. The van der Waals surface area contributed by atoms with Crippen molar-refractivity contribution in [3.63, 3.8) is 0 Å². The zero-order valence-electron chi connectivity index (χ0n) is 11.8. The van der Waals surface area contributed by atoms with Crippen molar-refractivity contribution in [2.45, 2.75) is 19.4 Å². The van der Waals surface area contributed by atoms with Crippen LogP contribution in [0, 0.1) is 0 Å². The number of carbonyl (C=O) groups excluding carboxylic acids is 1. The first-order valence-electron chi connectivity index (χ1n) is 6.95. The number of aromatic amines is 1. The molecule has 1 amide bonds. The molecule has 7 nitrogen and oxygen atoms in total. The van der Waals surface area contributed by atoms with Gasteiger partial charge < -0.3 is 5.32 Å². The van der Waals surface area contributed by atoms with Gasteiger partial charge in [-0.1, -0.05) is 6.07 Å². The van der Waals surface area contributed by atoms with Gasteiger partial charge >= 0.3 is 0 Å². The van der Waals surface area contributed by atoms with Crippen LogP contribution in [0.3, 0.4) is 0 Å². The van der Waals surface area contributed by atoms with E-state index < -0.39 is 0 Å². The number of hydrogen-bond acceptors (Lipinski definition) is 4. The third kappa shape index (κ3) is 3.20. The Balaban J connectivity index is 1.55. The van der Waals surface area contributed by atoms with Crippen LogP contribution in [0.25, 0.3) is 5.52 Å². The Morgan fingerprint density at radius 3 is 3.00 bits per heavy atom. The number of carbonyl (C=O) groups is 1. The molecule has 0 fully saturated rings. The average Bonchev–Trinajstić information content (AvgIpc) is 3.01. The highest BCUT2D eigenvalue weighted by molar-refractivity contribution is 5.76. The van der Waals surface area contributed by atoms with Gasteiger partial charge in [-0.25, -0.2) is 9.61 Å². The Bertz CT molecular complexity index is 832. The summed E-state index contributed by atoms with van der Waals surface area (Å²) in [7, 11) is 0. The molecule has 3 aromatic rings. The first-order valence-corrected chi connectivity index (χ1v) is 6.95. The van der Waals surface area contributed by atoms with Gasteiger partial charge in [0.25, 0.3) is 5.56 Å². The van der Waals surface area contributed by atoms with Gasteiger partial charge in [-0.3, -0.25) is 9.59 Å². The molecule has 0 aliphatic heterocycles. The second kappa shape index (κ2) is 6.21. The van der Waals surface area contributed by atoms with E-state index in [1.54, 1.807) is 16.8 Å². The molecule has 112 valence electrons. The molecule has 22 heavy (non-hydrogen) atoms. The summed E-state index contributed by atoms with van der Waals surface area (Å²) < 4.78 is 1.77. The van der Waals surface area contributed by atoms with Crippen LogP contribution in [0.15, 0.2) is 47.5 Å². The molecule has 0 radical (unpaired) electrons. The summed E-state index contributed by atoms with van der Waals surface area (Å²) in [4.78, 5) is 22.8. The fourth-order valence-corrected chi connectivity index (χ4v) is 2.20. The van der Waals surface area contributed by atoms with Gasteiger partial charge in [0.2, 0.25) is 5.91 Å². The molecule has 0 bridgehead atoms. The number of fused-ring (bicyclic) bond motifs is 1. The van der Waals surface area contributed by atoms with E-state index in [4.69, 9.17) is 0 Å². The van der Waals surface area contributed by atoms with Crippen molar-refractivity contribution in [3.8, 4) is 0 Å². The van der Waals surface area contributed by atoms with Gasteiger partial charge in [-0.15, -0.1) is 0 Å². The van der Waals surface area contributed by atoms with Crippen molar-refractivity contribution >= 4 is 11.4 Å². The van der Waals surface area contributed by atoms with Crippen LogP contribution in [-0.2, 0) is 17.8 Å². The molecule has 0 saturated heterocycles. The van der Waals surface area contributed by atoms with E-state index in [1.807, 2.05) is 24.4 Å². The molecule has 0 aliphatic carbocycles. The SMILES string of the molecule is O=C(CCc1ccc(=O)[nH]n1)NCc1cccn2nccc12. The zero-order chi connectivity index (χ0) is 15.4. The third-order valence-corrected chi connectivity index (χ3v) is 3.34. The minimum absolute atomic E-state index is 0.0606. The van der Waals surface area contributed by atoms with Crippen LogP contribution in [0.2, 0.25) is 0 Å². The van der Waals surface area contributed by atoms with Gasteiger partial charge in [-0.05, 0) is 23.8 Å². The lowest BCUT2D eigenvalue weighted by Crippen LogP contribution is -2.23. The number of aryl methyl sites for hydroxylation is 1. The van der Waals surface area contributed by atoms with Crippen LogP contribution >= 0.6 is 0 Å². The Kier molecular flexibility index (Phi) is 3.95. The maximum atomic E-state index is 11.9. The van der Waals surface area contributed by atoms with Crippen molar-refractivity contribution in [2.75, 3.05) is 0 Å². The summed E-state index contributed by atoms with van der Waals surface area (Å²) in [5.41, 5.74) is 2.43. The fraction of sp³-hybridized carbons (Fsp3) is 0.200. The number of H-pyrrole nitrogens is 1. The molecule has 0 atom stereocenters. The zero-order valence-corrected chi connectivity index (χ0v) is 11.8. The number of aromatic nitrogens is 4. The van der Waals surface area contributed by atoms with Crippen LogP contribution in [0.1, 0.15) is 17.7 Å². The van der Waals surface area contributed by atoms with Crippen molar-refractivity contribution in [3.05, 3.63) is 64.3 Å². The van der Waals surface area contributed by atoms with E-state index >= 15 is 0 Å². The minimum Gasteiger partial charge on any atom is -0.352 e. The molecule has 7 heteroatoms. The number of pyridine rings is 1. The number of nitrogens with one attached hydrogen (secondary N) is 2. The number of hydrogen-bond donors (Lipinski definition) is 2. The Morgan fingerprint density at radius 2 is 2.18 bits per heavy atom. The van der Waals surface area contributed by atoms with Gasteiger partial charge in [-0.2, -0.15) is 10.2 Å². The van der Waals surface area contributed by atoms with Gasteiger partial charge in [0, 0.05) is 37.8 Å². The van der Waals surface area contributed by atoms with Crippen LogP contribution in [-0.4, -0.2) is 25.7 Å². The maximum absolute atomic E-state index is 11.9. The van der Waals surface area contributed by atoms with E-state index in [-0.39, 0.29) is 11.5 Å². The third-order valence-electron chi connectivity index (χ3n) is 3.34.